The lowest BCUT2D eigenvalue weighted by molar-refractivity contribution is -0.118. The van der Waals surface area contributed by atoms with Crippen molar-refractivity contribution >= 4 is 11.6 Å². The van der Waals surface area contributed by atoms with Crippen LogP contribution in [-0.4, -0.2) is 18.7 Å². The van der Waals surface area contributed by atoms with Crippen molar-refractivity contribution < 1.29 is 14.3 Å². The fraction of sp³-hybridized carbons (Fsp3) is 0.333. The molecule has 0 spiro atoms. The lowest BCUT2D eigenvalue weighted by Crippen LogP contribution is -2.18. The molecule has 3 nitrogen and oxygen atoms in total. The molecule has 0 fully saturated rings. The lowest BCUT2D eigenvalue weighted by atomic mass is 9.96. The smallest absolute Gasteiger partial charge is 0.173 e. The van der Waals surface area contributed by atoms with E-state index >= 15 is 0 Å². The number of methoxy groups -OCH3 is 1. The Morgan fingerprint density at radius 3 is 2.13 bits per heavy atom. The number of benzene rings is 1. The third kappa shape index (κ3) is 2.65. The van der Waals surface area contributed by atoms with Gasteiger partial charge in [-0.3, -0.25) is 9.59 Å². The number of hydrogen-bond donors (Lipinski definition) is 0. The van der Waals surface area contributed by atoms with Crippen LogP contribution in [0.2, 0.25) is 0 Å². The molecule has 3 heteroatoms. The summed E-state index contributed by atoms with van der Waals surface area (Å²) >= 11 is 0. The van der Waals surface area contributed by atoms with Gasteiger partial charge in [-0.1, -0.05) is 0 Å². The van der Waals surface area contributed by atoms with Crippen molar-refractivity contribution in [3.8, 4) is 5.75 Å². The van der Waals surface area contributed by atoms with Crippen molar-refractivity contribution in [1.82, 2.24) is 0 Å². The van der Waals surface area contributed by atoms with Gasteiger partial charge in [0.15, 0.2) is 5.78 Å². The Kier molecular flexibility index (Phi) is 3.61. The van der Waals surface area contributed by atoms with Crippen molar-refractivity contribution in [2.75, 3.05) is 7.11 Å². The quantitative estimate of drug-likeness (QED) is 0.559. The first-order chi connectivity index (χ1) is 7.06. The summed E-state index contributed by atoms with van der Waals surface area (Å²) in [5.74, 6) is -0.138. The molecule has 1 rings (SSSR count). The summed E-state index contributed by atoms with van der Waals surface area (Å²) in [7, 11) is 1.56. The van der Waals surface area contributed by atoms with E-state index in [9.17, 15) is 9.59 Å². The molecule has 1 aromatic rings. The molecule has 0 amide bonds. The van der Waals surface area contributed by atoms with Gasteiger partial charge in [0.05, 0.1) is 13.0 Å². The molecule has 0 heterocycles. The Hall–Kier alpha value is -1.64. The molecule has 80 valence electrons. The fourth-order valence-corrected chi connectivity index (χ4v) is 1.19. The SMILES string of the molecule is COc1ccc(C(=O)C(C)C(C)=O)cc1. The minimum Gasteiger partial charge on any atom is -0.497 e. The molecule has 0 saturated carbocycles. The van der Waals surface area contributed by atoms with Crippen LogP contribution in [0.4, 0.5) is 0 Å². The summed E-state index contributed by atoms with van der Waals surface area (Å²) in [5, 5.41) is 0. The van der Waals surface area contributed by atoms with E-state index in [0.717, 1.165) is 0 Å². The first kappa shape index (κ1) is 11.4. The predicted octanol–water partition coefficient (Wildman–Crippen LogP) is 2.10. The molecule has 0 saturated heterocycles. The van der Waals surface area contributed by atoms with Crippen LogP contribution in [0.25, 0.3) is 0 Å². The molecular weight excluding hydrogens is 192 g/mol. The number of Topliss-reactive ketones (excluding diaryl/α,β-unsaturated/α-hetero) is 2. The molecular formula is C12H14O3. The number of hydrogen-bond acceptors (Lipinski definition) is 3. The normalized spacial score (nSPS) is 11.9. The maximum absolute atomic E-state index is 11.7. The second-order valence-corrected chi connectivity index (χ2v) is 3.43. The van der Waals surface area contributed by atoms with Gasteiger partial charge < -0.3 is 4.74 Å². The van der Waals surface area contributed by atoms with Crippen molar-refractivity contribution in [2.24, 2.45) is 5.92 Å². The Bertz CT molecular complexity index is 365. The molecule has 0 aliphatic carbocycles. The summed E-state index contributed by atoms with van der Waals surface area (Å²) in [6.07, 6.45) is 0. The van der Waals surface area contributed by atoms with Crippen molar-refractivity contribution in [2.45, 2.75) is 13.8 Å². The highest BCUT2D eigenvalue weighted by Gasteiger charge is 2.18. The van der Waals surface area contributed by atoms with E-state index in [1.54, 1.807) is 38.3 Å². The average molecular weight is 206 g/mol. The fourth-order valence-electron chi connectivity index (χ4n) is 1.19. The molecule has 0 aliphatic rings. The Morgan fingerprint density at radius 2 is 1.73 bits per heavy atom. The van der Waals surface area contributed by atoms with Crippen LogP contribution in [0.1, 0.15) is 24.2 Å². The third-order valence-corrected chi connectivity index (χ3v) is 2.38. The maximum Gasteiger partial charge on any atom is 0.173 e. The molecule has 15 heavy (non-hydrogen) atoms. The van der Waals surface area contributed by atoms with Crippen LogP contribution in [0.5, 0.6) is 5.75 Å². The van der Waals surface area contributed by atoms with Gasteiger partial charge in [-0.25, -0.2) is 0 Å². The van der Waals surface area contributed by atoms with Gasteiger partial charge in [0.25, 0.3) is 0 Å². The van der Waals surface area contributed by atoms with E-state index < -0.39 is 5.92 Å². The van der Waals surface area contributed by atoms with Crippen LogP contribution in [0.15, 0.2) is 24.3 Å². The minimum atomic E-state index is -0.571. The number of carbonyl (C=O) groups excluding carboxylic acids is 2. The average Bonchev–Trinajstić information content (AvgIpc) is 2.27. The van der Waals surface area contributed by atoms with Crippen LogP contribution < -0.4 is 4.74 Å². The zero-order chi connectivity index (χ0) is 11.4. The summed E-state index contributed by atoms with van der Waals surface area (Å²) in [6.45, 7) is 3.04. The summed E-state index contributed by atoms with van der Waals surface area (Å²) in [6, 6.07) is 6.75. The van der Waals surface area contributed by atoms with Crippen LogP contribution in [0, 0.1) is 5.92 Å². The zero-order valence-corrected chi connectivity index (χ0v) is 9.11. The van der Waals surface area contributed by atoms with E-state index in [1.807, 2.05) is 0 Å². The van der Waals surface area contributed by atoms with E-state index in [0.29, 0.717) is 11.3 Å². The van der Waals surface area contributed by atoms with Gasteiger partial charge in [0, 0.05) is 5.56 Å². The van der Waals surface area contributed by atoms with Crippen LogP contribution >= 0.6 is 0 Å². The topological polar surface area (TPSA) is 43.4 Å². The van der Waals surface area contributed by atoms with Gasteiger partial charge in [-0.15, -0.1) is 0 Å². The molecule has 0 aromatic heterocycles. The molecule has 1 unspecified atom stereocenters. The minimum absolute atomic E-state index is 0.115. The molecule has 1 atom stereocenters. The Balaban J connectivity index is 2.87. The van der Waals surface area contributed by atoms with Crippen molar-refractivity contribution in [3.63, 3.8) is 0 Å². The number of carbonyl (C=O) groups is 2. The lowest BCUT2D eigenvalue weighted by Gasteiger charge is -2.07. The van der Waals surface area contributed by atoms with Gasteiger partial charge >= 0.3 is 0 Å². The van der Waals surface area contributed by atoms with Gasteiger partial charge in [-0.2, -0.15) is 0 Å². The van der Waals surface area contributed by atoms with E-state index in [1.165, 1.54) is 6.92 Å². The molecule has 0 bridgehead atoms. The van der Waals surface area contributed by atoms with E-state index in [2.05, 4.69) is 0 Å². The standard InChI is InChI=1S/C12H14O3/c1-8(9(2)13)12(14)10-4-6-11(15-3)7-5-10/h4-8H,1-3H3. The van der Waals surface area contributed by atoms with E-state index in [-0.39, 0.29) is 11.6 Å². The first-order valence-corrected chi connectivity index (χ1v) is 4.75. The molecule has 1 aromatic carbocycles. The monoisotopic (exact) mass is 206 g/mol. The number of ketones is 2. The molecule has 0 radical (unpaired) electrons. The Labute approximate surface area is 89.1 Å². The highest BCUT2D eigenvalue weighted by atomic mass is 16.5. The molecule has 0 aliphatic heterocycles. The van der Waals surface area contributed by atoms with Crippen molar-refractivity contribution in [1.29, 1.82) is 0 Å². The second kappa shape index (κ2) is 4.73. The highest BCUT2D eigenvalue weighted by Crippen LogP contribution is 2.15. The highest BCUT2D eigenvalue weighted by molar-refractivity contribution is 6.09. The first-order valence-electron chi connectivity index (χ1n) is 4.75. The third-order valence-electron chi connectivity index (χ3n) is 2.38. The maximum atomic E-state index is 11.7. The largest absolute Gasteiger partial charge is 0.497 e. The summed E-state index contributed by atoms with van der Waals surface area (Å²) in [5.41, 5.74) is 0.540. The summed E-state index contributed by atoms with van der Waals surface area (Å²) in [4.78, 5) is 22.8. The van der Waals surface area contributed by atoms with Crippen LogP contribution in [0.3, 0.4) is 0 Å². The second-order valence-electron chi connectivity index (χ2n) is 3.43. The van der Waals surface area contributed by atoms with Gasteiger partial charge in [0.2, 0.25) is 0 Å². The summed E-state index contributed by atoms with van der Waals surface area (Å²) < 4.78 is 4.98. The van der Waals surface area contributed by atoms with Gasteiger partial charge in [-0.05, 0) is 38.1 Å². The number of ether oxygens (including phenoxy) is 1. The van der Waals surface area contributed by atoms with Crippen LogP contribution in [-0.2, 0) is 4.79 Å². The molecule has 0 N–H and O–H groups in total. The Morgan fingerprint density at radius 1 is 1.20 bits per heavy atom. The van der Waals surface area contributed by atoms with Crippen molar-refractivity contribution in [3.05, 3.63) is 29.8 Å². The van der Waals surface area contributed by atoms with E-state index in [4.69, 9.17) is 4.74 Å². The predicted molar refractivity (Wildman–Crippen MR) is 57.2 cm³/mol. The zero-order valence-electron chi connectivity index (χ0n) is 9.11. The number of rotatable bonds is 4. The van der Waals surface area contributed by atoms with Gasteiger partial charge in [0.1, 0.15) is 11.5 Å².